The zero-order valence-electron chi connectivity index (χ0n) is 18.0. The molecule has 5 nitrogen and oxygen atoms in total. The summed E-state index contributed by atoms with van der Waals surface area (Å²) in [5.41, 5.74) is 6.78. The van der Waals surface area contributed by atoms with Crippen molar-refractivity contribution in [1.82, 2.24) is 10.2 Å². The number of nitrogens with one attached hydrogen (secondary N) is 1. The van der Waals surface area contributed by atoms with Gasteiger partial charge in [0.25, 0.3) is 0 Å². The molecule has 0 aromatic rings. The number of allylic oxidation sites excluding steroid dienone is 2. The van der Waals surface area contributed by atoms with Crippen molar-refractivity contribution in [3.05, 3.63) is 11.6 Å². The van der Waals surface area contributed by atoms with Gasteiger partial charge in [0, 0.05) is 13.0 Å². The van der Waals surface area contributed by atoms with Gasteiger partial charge in [-0.05, 0) is 64.1 Å². The van der Waals surface area contributed by atoms with E-state index in [9.17, 15) is 9.59 Å². The van der Waals surface area contributed by atoms with E-state index in [4.69, 9.17) is 5.73 Å². The van der Waals surface area contributed by atoms with Crippen molar-refractivity contribution < 1.29 is 9.59 Å². The van der Waals surface area contributed by atoms with Crippen LogP contribution in [0.1, 0.15) is 79.1 Å². The molecule has 3 N–H and O–H groups in total. The van der Waals surface area contributed by atoms with Gasteiger partial charge in [0.05, 0.1) is 5.92 Å². The normalized spacial score (nSPS) is 18.6. The second-order valence-electron chi connectivity index (χ2n) is 9.01. The molecular formula is C22H41N3O2. The Kier molecular flexibility index (Phi) is 10.9. The van der Waals surface area contributed by atoms with E-state index in [1.807, 2.05) is 0 Å². The Labute approximate surface area is 166 Å². The molecule has 0 aliphatic carbocycles. The smallest absolute Gasteiger partial charge is 0.233 e. The Bertz CT molecular complexity index is 494. The van der Waals surface area contributed by atoms with Gasteiger partial charge in [-0.1, -0.05) is 45.3 Å². The molecule has 1 unspecified atom stereocenters. The van der Waals surface area contributed by atoms with Crippen LogP contribution in [0, 0.1) is 11.3 Å². The predicted molar refractivity (Wildman–Crippen MR) is 112 cm³/mol. The molecule has 2 amide bonds. The number of nitrogens with zero attached hydrogens (tertiary/aromatic N) is 1. The predicted octanol–water partition coefficient (Wildman–Crippen LogP) is 3.63. The second kappa shape index (κ2) is 12.3. The third-order valence-electron chi connectivity index (χ3n) is 4.88. The molecule has 1 saturated heterocycles. The molecule has 1 aliphatic heterocycles. The summed E-state index contributed by atoms with van der Waals surface area (Å²) in [6.07, 6.45) is 9.78. The molecule has 1 fully saturated rings. The van der Waals surface area contributed by atoms with Crippen molar-refractivity contribution in [2.75, 3.05) is 26.2 Å². The van der Waals surface area contributed by atoms with Crippen LogP contribution in [0.15, 0.2) is 11.6 Å². The van der Waals surface area contributed by atoms with Crippen LogP contribution in [0.5, 0.6) is 0 Å². The average molecular weight is 380 g/mol. The first-order chi connectivity index (χ1) is 12.7. The number of imide groups is 1. The number of unbranched alkanes of at least 4 members (excludes halogenated alkanes) is 4. The number of carbonyl (C=O) groups excluding carboxylic acids is 2. The fraction of sp³-hybridized carbons (Fsp3) is 0.818. The minimum absolute atomic E-state index is 0.00610. The first kappa shape index (κ1) is 23.8. The highest BCUT2D eigenvalue weighted by Gasteiger charge is 2.37. The molecule has 0 spiro atoms. The molecule has 1 heterocycles. The van der Waals surface area contributed by atoms with Gasteiger partial charge in [-0.3, -0.25) is 14.5 Å². The minimum atomic E-state index is -0.161. The quantitative estimate of drug-likeness (QED) is 0.291. The van der Waals surface area contributed by atoms with E-state index in [0.717, 1.165) is 45.3 Å². The van der Waals surface area contributed by atoms with E-state index in [2.05, 4.69) is 39.1 Å². The molecule has 1 rings (SSSR count). The Morgan fingerprint density at radius 2 is 1.74 bits per heavy atom. The zero-order chi connectivity index (χ0) is 20.3. The Hall–Kier alpha value is -1.20. The van der Waals surface area contributed by atoms with E-state index in [0.29, 0.717) is 19.4 Å². The number of carbonyl (C=O) groups is 2. The van der Waals surface area contributed by atoms with Gasteiger partial charge >= 0.3 is 0 Å². The van der Waals surface area contributed by atoms with Gasteiger partial charge in [-0.2, -0.15) is 0 Å². The number of nitrogens with two attached hydrogens (primary N) is 1. The van der Waals surface area contributed by atoms with Gasteiger partial charge < -0.3 is 11.1 Å². The van der Waals surface area contributed by atoms with Crippen molar-refractivity contribution in [3.8, 4) is 0 Å². The van der Waals surface area contributed by atoms with E-state index in [1.54, 1.807) is 0 Å². The topological polar surface area (TPSA) is 75.4 Å². The lowest BCUT2D eigenvalue weighted by molar-refractivity contribution is -0.139. The Morgan fingerprint density at radius 1 is 1.11 bits per heavy atom. The first-order valence-corrected chi connectivity index (χ1v) is 10.7. The van der Waals surface area contributed by atoms with Gasteiger partial charge in [0.1, 0.15) is 0 Å². The number of likely N-dealkylation sites (tertiary alicyclic amines) is 1. The van der Waals surface area contributed by atoms with Gasteiger partial charge in [-0.25, -0.2) is 0 Å². The van der Waals surface area contributed by atoms with E-state index >= 15 is 0 Å². The molecule has 0 saturated carbocycles. The highest BCUT2D eigenvalue weighted by Crippen LogP contribution is 2.28. The summed E-state index contributed by atoms with van der Waals surface area (Å²) in [7, 11) is 0. The van der Waals surface area contributed by atoms with Crippen LogP contribution in [0.3, 0.4) is 0 Å². The van der Waals surface area contributed by atoms with E-state index in [1.165, 1.54) is 23.3 Å². The summed E-state index contributed by atoms with van der Waals surface area (Å²) >= 11 is 0. The average Bonchev–Trinajstić information content (AvgIpc) is 2.81. The molecule has 0 aromatic heterocycles. The van der Waals surface area contributed by atoms with E-state index < -0.39 is 0 Å². The highest BCUT2D eigenvalue weighted by molar-refractivity contribution is 6.03. The van der Waals surface area contributed by atoms with Crippen LogP contribution in [-0.4, -0.2) is 42.9 Å². The maximum absolute atomic E-state index is 12.6. The standard InChI is InChI=1S/C22H41N3O2/c1-18(17-22(2,3)4)15-19-16-20(26)25(21(19)27)14-10-6-9-13-24-12-8-5-7-11-23/h17,19,24H,5-16,23H2,1-4H3/b18-17+. The summed E-state index contributed by atoms with van der Waals surface area (Å²) in [5, 5.41) is 3.44. The summed E-state index contributed by atoms with van der Waals surface area (Å²) in [5.74, 6) is -0.127. The molecule has 0 bridgehead atoms. The van der Waals surface area contributed by atoms with E-state index in [-0.39, 0.29) is 23.1 Å². The molecule has 1 aliphatic rings. The summed E-state index contributed by atoms with van der Waals surface area (Å²) in [6, 6.07) is 0. The van der Waals surface area contributed by atoms with Crippen molar-refractivity contribution in [1.29, 1.82) is 0 Å². The highest BCUT2D eigenvalue weighted by atomic mass is 16.2. The number of amides is 2. The van der Waals surface area contributed by atoms with Gasteiger partial charge in [-0.15, -0.1) is 0 Å². The summed E-state index contributed by atoms with van der Waals surface area (Å²) in [4.78, 5) is 26.3. The number of hydrogen-bond acceptors (Lipinski definition) is 4. The van der Waals surface area contributed by atoms with Crippen molar-refractivity contribution >= 4 is 11.8 Å². The molecule has 27 heavy (non-hydrogen) atoms. The third kappa shape index (κ3) is 10.1. The second-order valence-corrected chi connectivity index (χ2v) is 9.01. The third-order valence-corrected chi connectivity index (χ3v) is 4.88. The van der Waals surface area contributed by atoms with Crippen LogP contribution in [0.2, 0.25) is 0 Å². The zero-order valence-corrected chi connectivity index (χ0v) is 18.0. The summed E-state index contributed by atoms with van der Waals surface area (Å²) < 4.78 is 0. The summed E-state index contributed by atoms with van der Waals surface area (Å²) in [6.45, 7) is 11.9. The first-order valence-electron chi connectivity index (χ1n) is 10.7. The molecule has 156 valence electrons. The lowest BCUT2D eigenvalue weighted by atomic mass is 9.90. The van der Waals surface area contributed by atoms with Gasteiger partial charge in [0.15, 0.2) is 0 Å². The SMILES string of the molecule is C/C(=C\C(C)(C)C)CC1CC(=O)N(CCCCCNCCCCCN)C1=O. The van der Waals surface area contributed by atoms with Crippen molar-refractivity contribution in [2.45, 2.75) is 79.1 Å². The number of hydrogen-bond donors (Lipinski definition) is 2. The molecule has 0 radical (unpaired) electrons. The maximum Gasteiger partial charge on any atom is 0.233 e. The lowest BCUT2D eigenvalue weighted by Crippen LogP contribution is -2.31. The molecule has 1 atom stereocenters. The van der Waals surface area contributed by atoms with Crippen molar-refractivity contribution in [3.63, 3.8) is 0 Å². The molecule has 0 aromatic carbocycles. The van der Waals surface area contributed by atoms with Crippen LogP contribution < -0.4 is 11.1 Å². The van der Waals surface area contributed by atoms with Crippen molar-refractivity contribution in [2.24, 2.45) is 17.1 Å². The minimum Gasteiger partial charge on any atom is -0.330 e. The van der Waals surface area contributed by atoms with Crippen LogP contribution >= 0.6 is 0 Å². The van der Waals surface area contributed by atoms with Gasteiger partial charge in [0.2, 0.25) is 11.8 Å². The maximum atomic E-state index is 12.6. The monoisotopic (exact) mass is 379 g/mol. The Balaban J connectivity index is 2.22. The molecule has 5 heteroatoms. The fourth-order valence-corrected chi connectivity index (χ4v) is 3.73. The molecular weight excluding hydrogens is 338 g/mol. The van der Waals surface area contributed by atoms with Crippen LogP contribution in [-0.2, 0) is 9.59 Å². The largest absolute Gasteiger partial charge is 0.330 e. The lowest BCUT2D eigenvalue weighted by Gasteiger charge is -2.17. The Morgan fingerprint density at radius 3 is 2.33 bits per heavy atom. The van der Waals surface area contributed by atoms with Crippen LogP contribution in [0.25, 0.3) is 0 Å². The van der Waals surface area contributed by atoms with Crippen LogP contribution in [0.4, 0.5) is 0 Å². The fourth-order valence-electron chi connectivity index (χ4n) is 3.73. The number of rotatable bonds is 13.